The van der Waals surface area contributed by atoms with Gasteiger partial charge < -0.3 is 15.5 Å². The molecule has 12 nitrogen and oxygen atoms in total. The predicted molar refractivity (Wildman–Crippen MR) is 163 cm³/mol. The van der Waals surface area contributed by atoms with Crippen molar-refractivity contribution in [3.05, 3.63) is 103 Å². The number of halogens is 6. The Kier molecular flexibility index (Phi) is 10.8. The lowest BCUT2D eigenvalue weighted by atomic mass is 10.0. The predicted octanol–water partition coefficient (Wildman–Crippen LogP) is 6.65. The van der Waals surface area contributed by atoms with Crippen LogP contribution in [0.5, 0.6) is 0 Å². The number of para-hydroxylation sites is 1. The monoisotopic (exact) mass is 684 g/mol. The van der Waals surface area contributed by atoms with Gasteiger partial charge in [0, 0.05) is 46.5 Å². The third kappa shape index (κ3) is 9.77. The molecule has 0 bridgehead atoms. The number of rotatable bonds is 5. The molecule has 0 saturated carbocycles. The van der Waals surface area contributed by atoms with E-state index in [0.717, 1.165) is 44.8 Å². The zero-order chi connectivity index (χ0) is 35.8. The number of carboxylic acids is 2. The van der Waals surface area contributed by atoms with Crippen molar-refractivity contribution in [1.29, 1.82) is 0 Å². The molecule has 0 saturated heterocycles. The van der Waals surface area contributed by atoms with Crippen LogP contribution in [-0.2, 0) is 9.59 Å². The average molecular weight is 685 g/mol. The van der Waals surface area contributed by atoms with Crippen molar-refractivity contribution in [2.45, 2.75) is 19.3 Å². The Balaban J connectivity index is 0.000000327. The van der Waals surface area contributed by atoms with Crippen LogP contribution in [0.25, 0.3) is 39.2 Å². The largest absolute Gasteiger partial charge is 0.490 e. The van der Waals surface area contributed by atoms with Gasteiger partial charge in [0.05, 0.1) is 11.2 Å². The van der Waals surface area contributed by atoms with Crippen molar-refractivity contribution in [1.82, 2.24) is 34.7 Å². The molecule has 4 aromatic heterocycles. The summed E-state index contributed by atoms with van der Waals surface area (Å²) in [6, 6.07) is 23.7. The summed E-state index contributed by atoms with van der Waals surface area (Å²) in [6.45, 7) is 1.98. The molecule has 0 aliphatic carbocycles. The van der Waals surface area contributed by atoms with E-state index < -0.39 is 24.3 Å². The van der Waals surface area contributed by atoms with Gasteiger partial charge in [-0.2, -0.15) is 26.3 Å². The van der Waals surface area contributed by atoms with Crippen LogP contribution in [0, 0.1) is 6.92 Å². The number of carboxylic acid groups (broad SMARTS) is 2. The Hall–Kier alpha value is -6.46. The summed E-state index contributed by atoms with van der Waals surface area (Å²) >= 11 is 0. The second kappa shape index (κ2) is 15.0. The minimum atomic E-state index is -5.08. The maximum Gasteiger partial charge on any atom is 0.490 e. The maximum absolute atomic E-state index is 10.6. The van der Waals surface area contributed by atoms with Gasteiger partial charge in [-0.1, -0.05) is 30.3 Å². The number of alkyl halides is 6. The number of hydrogen-bond donors (Lipinski definition) is 3. The van der Waals surface area contributed by atoms with Crippen molar-refractivity contribution in [2.24, 2.45) is 0 Å². The third-order valence-corrected chi connectivity index (χ3v) is 6.09. The maximum atomic E-state index is 10.6. The Morgan fingerprint density at radius 1 is 0.755 bits per heavy atom. The highest BCUT2D eigenvalue weighted by Gasteiger charge is 2.38. The first-order chi connectivity index (χ1) is 23.1. The van der Waals surface area contributed by atoms with E-state index in [9.17, 15) is 26.3 Å². The molecular formula is C31H22F6N8O4. The van der Waals surface area contributed by atoms with E-state index in [1.165, 1.54) is 0 Å². The number of benzene rings is 2. The number of anilines is 2. The van der Waals surface area contributed by atoms with E-state index in [-0.39, 0.29) is 0 Å². The highest BCUT2D eigenvalue weighted by molar-refractivity contribution is 5.93. The van der Waals surface area contributed by atoms with Crippen LogP contribution < -0.4 is 5.32 Å². The van der Waals surface area contributed by atoms with Gasteiger partial charge in [-0.15, -0.1) is 5.10 Å². The number of hydrogen-bond acceptors (Lipinski definition) is 9. The van der Waals surface area contributed by atoms with Crippen LogP contribution in [0.2, 0.25) is 0 Å². The van der Waals surface area contributed by atoms with Crippen LogP contribution in [0.15, 0.2) is 97.7 Å². The minimum Gasteiger partial charge on any atom is -0.475 e. The summed E-state index contributed by atoms with van der Waals surface area (Å²) in [4.78, 5) is 40.2. The molecule has 0 fully saturated rings. The molecule has 2 aromatic carbocycles. The number of fused-ring (bicyclic) bond motifs is 1. The van der Waals surface area contributed by atoms with Crippen molar-refractivity contribution in [3.63, 3.8) is 0 Å². The Morgan fingerprint density at radius 3 is 2.00 bits per heavy atom. The van der Waals surface area contributed by atoms with Crippen molar-refractivity contribution in [2.75, 3.05) is 5.32 Å². The SMILES string of the molecule is Cc1ccc(-c2cccc3cnc(Nc4ccc(-n5cnc(-c6ccccn6)n5)cc4)nc23)cn1.O=C(O)C(F)(F)F.O=C(O)C(F)(F)F. The van der Waals surface area contributed by atoms with E-state index in [2.05, 4.69) is 42.5 Å². The molecule has 6 aromatic rings. The minimum absolute atomic E-state index is 0.524. The lowest BCUT2D eigenvalue weighted by Gasteiger charge is -2.10. The zero-order valence-corrected chi connectivity index (χ0v) is 24.8. The smallest absolute Gasteiger partial charge is 0.475 e. The summed E-state index contributed by atoms with van der Waals surface area (Å²) in [6.07, 6.45) is -3.05. The molecule has 3 N–H and O–H groups in total. The number of aromatic nitrogens is 7. The Bertz CT molecular complexity index is 2010. The van der Waals surface area contributed by atoms with Gasteiger partial charge in [0.15, 0.2) is 5.82 Å². The van der Waals surface area contributed by atoms with Crippen molar-refractivity contribution < 1.29 is 46.1 Å². The van der Waals surface area contributed by atoms with Gasteiger partial charge in [0.25, 0.3) is 0 Å². The van der Waals surface area contributed by atoms with E-state index in [0.29, 0.717) is 11.8 Å². The number of nitrogens with zero attached hydrogens (tertiary/aromatic N) is 7. The highest BCUT2D eigenvalue weighted by atomic mass is 19.4. The molecule has 0 radical (unpaired) electrons. The normalized spacial score (nSPS) is 11.1. The van der Waals surface area contributed by atoms with E-state index in [4.69, 9.17) is 24.8 Å². The van der Waals surface area contributed by atoms with Crippen LogP contribution in [0.1, 0.15) is 5.69 Å². The fourth-order valence-corrected chi connectivity index (χ4v) is 3.80. The van der Waals surface area contributed by atoms with Gasteiger partial charge in [0.2, 0.25) is 5.95 Å². The Morgan fingerprint density at radius 2 is 1.43 bits per heavy atom. The van der Waals surface area contributed by atoms with Gasteiger partial charge in [-0.05, 0) is 49.4 Å². The zero-order valence-electron chi connectivity index (χ0n) is 24.8. The molecule has 4 heterocycles. The van der Waals surface area contributed by atoms with E-state index >= 15 is 0 Å². The first-order valence-corrected chi connectivity index (χ1v) is 13.6. The standard InChI is InChI=1S/C27H20N8.2C2HF3O2/c1-18-8-9-19(15-29-18)23-6-4-5-20-16-30-27(33-25(20)23)32-21-10-12-22(13-11-21)35-17-31-26(34-35)24-7-2-3-14-28-24;2*3-2(4,5)1(6)7/h2-17H,1H3,(H,30,32,33);2*(H,6,7). The van der Waals surface area contributed by atoms with Gasteiger partial charge in [-0.25, -0.2) is 29.2 Å². The summed E-state index contributed by atoms with van der Waals surface area (Å²) in [5, 5.41) is 23.1. The highest BCUT2D eigenvalue weighted by Crippen LogP contribution is 2.28. The number of carbonyl (C=O) groups is 2. The fraction of sp³-hybridized carbons (Fsp3) is 0.0968. The molecule has 252 valence electrons. The molecule has 49 heavy (non-hydrogen) atoms. The first-order valence-electron chi connectivity index (χ1n) is 13.6. The van der Waals surface area contributed by atoms with Crippen molar-refractivity contribution >= 4 is 34.5 Å². The number of pyridine rings is 2. The Labute approximate surface area is 271 Å². The van der Waals surface area contributed by atoms with Gasteiger partial charge in [-0.3, -0.25) is 9.97 Å². The number of nitrogens with one attached hydrogen (secondary N) is 1. The quantitative estimate of drug-likeness (QED) is 0.166. The van der Waals surface area contributed by atoms with Gasteiger partial charge in [0.1, 0.15) is 12.0 Å². The molecule has 0 spiro atoms. The van der Waals surface area contributed by atoms with Crippen LogP contribution in [0.4, 0.5) is 38.0 Å². The van der Waals surface area contributed by atoms with Crippen LogP contribution >= 0.6 is 0 Å². The number of aryl methyl sites for hydroxylation is 1. The second-order valence-corrected chi connectivity index (χ2v) is 9.63. The lowest BCUT2D eigenvalue weighted by Crippen LogP contribution is -2.21. The summed E-state index contributed by atoms with van der Waals surface area (Å²) in [5.41, 5.74) is 6.38. The molecule has 0 amide bonds. The summed E-state index contributed by atoms with van der Waals surface area (Å²) in [7, 11) is 0. The average Bonchev–Trinajstić information content (AvgIpc) is 3.56. The third-order valence-electron chi connectivity index (χ3n) is 6.09. The summed E-state index contributed by atoms with van der Waals surface area (Å²) in [5.74, 6) is -4.41. The topological polar surface area (TPSA) is 169 Å². The lowest BCUT2D eigenvalue weighted by molar-refractivity contribution is -0.193. The van der Waals surface area contributed by atoms with Crippen LogP contribution in [0.3, 0.4) is 0 Å². The molecular weight excluding hydrogens is 662 g/mol. The molecule has 0 atom stereocenters. The summed E-state index contributed by atoms with van der Waals surface area (Å²) < 4.78 is 65.2. The fourth-order valence-electron chi connectivity index (χ4n) is 3.80. The number of aliphatic carboxylic acids is 2. The van der Waals surface area contributed by atoms with Gasteiger partial charge >= 0.3 is 24.3 Å². The molecule has 18 heteroatoms. The molecule has 0 aliphatic rings. The molecule has 0 unspecified atom stereocenters. The van der Waals surface area contributed by atoms with Crippen molar-refractivity contribution in [3.8, 4) is 28.3 Å². The molecule has 6 rings (SSSR count). The van der Waals surface area contributed by atoms with E-state index in [1.807, 2.05) is 80.0 Å². The molecule has 0 aliphatic heterocycles. The second-order valence-electron chi connectivity index (χ2n) is 9.63. The van der Waals surface area contributed by atoms with E-state index in [1.54, 1.807) is 17.2 Å². The first kappa shape index (κ1) is 35.4. The van der Waals surface area contributed by atoms with Crippen LogP contribution in [-0.4, -0.2) is 69.2 Å².